The van der Waals surface area contributed by atoms with Gasteiger partial charge in [-0.25, -0.2) is 0 Å². The third-order valence-electron chi connectivity index (χ3n) is 3.81. The Hall–Kier alpha value is -1.61. The van der Waals surface area contributed by atoms with E-state index in [0.29, 0.717) is 12.5 Å². The molecule has 1 aliphatic heterocycles. The summed E-state index contributed by atoms with van der Waals surface area (Å²) in [5.74, 6) is 0.600. The maximum Gasteiger partial charge on any atom is 0.246 e. The van der Waals surface area contributed by atoms with Gasteiger partial charge in [0.2, 0.25) is 5.91 Å². The molecule has 1 aromatic rings. The molecule has 1 fully saturated rings. The first-order valence-corrected chi connectivity index (χ1v) is 7.20. The molecule has 1 amide bonds. The van der Waals surface area contributed by atoms with E-state index in [9.17, 15) is 4.79 Å². The van der Waals surface area contributed by atoms with Crippen LogP contribution in [0.1, 0.15) is 37.3 Å². The summed E-state index contributed by atoms with van der Waals surface area (Å²) in [5.41, 5.74) is 2.38. The van der Waals surface area contributed by atoms with Crippen molar-refractivity contribution in [3.63, 3.8) is 0 Å². The first-order valence-electron chi connectivity index (χ1n) is 7.20. The quantitative estimate of drug-likeness (QED) is 0.789. The highest BCUT2D eigenvalue weighted by molar-refractivity contribution is 5.92. The molecule has 3 nitrogen and oxygen atoms in total. The SMILES string of the molecule is COC1CCN(C(=O)/C=C/c2ccc(C(C)C)cc2)C1. The Labute approximate surface area is 121 Å². The molecule has 0 bridgehead atoms. The minimum Gasteiger partial charge on any atom is -0.380 e. The predicted molar refractivity (Wildman–Crippen MR) is 81.6 cm³/mol. The number of carbonyl (C=O) groups is 1. The van der Waals surface area contributed by atoms with Crippen molar-refractivity contribution in [1.82, 2.24) is 4.90 Å². The highest BCUT2D eigenvalue weighted by Crippen LogP contribution is 2.16. The number of hydrogen-bond acceptors (Lipinski definition) is 2. The van der Waals surface area contributed by atoms with Crippen molar-refractivity contribution in [3.8, 4) is 0 Å². The smallest absolute Gasteiger partial charge is 0.246 e. The van der Waals surface area contributed by atoms with Crippen LogP contribution in [0.4, 0.5) is 0 Å². The van der Waals surface area contributed by atoms with E-state index in [1.807, 2.05) is 11.0 Å². The second kappa shape index (κ2) is 6.71. The van der Waals surface area contributed by atoms with E-state index in [-0.39, 0.29) is 12.0 Å². The van der Waals surface area contributed by atoms with Gasteiger partial charge < -0.3 is 9.64 Å². The van der Waals surface area contributed by atoms with Gasteiger partial charge in [-0.1, -0.05) is 38.1 Å². The Balaban J connectivity index is 1.93. The molecule has 0 saturated carbocycles. The number of carbonyl (C=O) groups excluding carboxylic acids is 1. The number of ether oxygens (including phenoxy) is 1. The second-order valence-corrected chi connectivity index (χ2v) is 5.59. The number of amides is 1. The maximum absolute atomic E-state index is 12.0. The van der Waals surface area contributed by atoms with E-state index in [1.54, 1.807) is 13.2 Å². The molecule has 3 heteroatoms. The van der Waals surface area contributed by atoms with Gasteiger partial charge in [-0.2, -0.15) is 0 Å². The minimum absolute atomic E-state index is 0.0671. The average molecular weight is 273 g/mol. The highest BCUT2D eigenvalue weighted by atomic mass is 16.5. The van der Waals surface area contributed by atoms with Gasteiger partial charge in [-0.05, 0) is 29.5 Å². The van der Waals surface area contributed by atoms with Crippen LogP contribution in [0.3, 0.4) is 0 Å². The fraction of sp³-hybridized carbons (Fsp3) is 0.471. The Morgan fingerprint density at radius 3 is 2.60 bits per heavy atom. The van der Waals surface area contributed by atoms with Gasteiger partial charge in [0.25, 0.3) is 0 Å². The van der Waals surface area contributed by atoms with Crippen molar-refractivity contribution >= 4 is 12.0 Å². The van der Waals surface area contributed by atoms with Gasteiger partial charge >= 0.3 is 0 Å². The molecule has 0 N–H and O–H groups in total. The van der Waals surface area contributed by atoms with Crippen LogP contribution >= 0.6 is 0 Å². The first kappa shape index (κ1) is 14.8. The third kappa shape index (κ3) is 3.70. The third-order valence-corrected chi connectivity index (χ3v) is 3.81. The minimum atomic E-state index is 0.0671. The second-order valence-electron chi connectivity index (χ2n) is 5.59. The van der Waals surface area contributed by atoms with Crippen molar-refractivity contribution in [2.24, 2.45) is 0 Å². The predicted octanol–water partition coefficient (Wildman–Crippen LogP) is 3.07. The van der Waals surface area contributed by atoms with Crippen LogP contribution in [0.2, 0.25) is 0 Å². The maximum atomic E-state index is 12.0. The standard InChI is InChI=1S/C17H23NO2/c1-13(2)15-7-4-14(5-8-15)6-9-17(19)18-11-10-16(12-18)20-3/h4-9,13,16H,10-12H2,1-3H3/b9-6+. The molecule has 1 saturated heterocycles. The molecule has 1 atom stereocenters. The first-order chi connectivity index (χ1) is 9.60. The average Bonchev–Trinajstić information content (AvgIpc) is 2.94. The molecule has 2 rings (SSSR count). The van der Waals surface area contributed by atoms with Crippen molar-refractivity contribution in [2.75, 3.05) is 20.2 Å². The zero-order valence-corrected chi connectivity index (χ0v) is 12.5. The summed E-state index contributed by atoms with van der Waals surface area (Å²) in [6.45, 7) is 5.84. The fourth-order valence-corrected chi connectivity index (χ4v) is 2.39. The van der Waals surface area contributed by atoms with E-state index >= 15 is 0 Å². The van der Waals surface area contributed by atoms with E-state index in [4.69, 9.17) is 4.74 Å². The monoisotopic (exact) mass is 273 g/mol. The lowest BCUT2D eigenvalue weighted by atomic mass is 10.0. The Kier molecular flexibility index (Phi) is 4.96. The molecule has 0 spiro atoms. The molecule has 0 aliphatic carbocycles. The zero-order chi connectivity index (χ0) is 14.5. The van der Waals surface area contributed by atoms with Gasteiger partial charge in [-0.15, -0.1) is 0 Å². The van der Waals surface area contributed by atoms with Crippen LogP contribution in [0, 0.1) is 0 Å². The number of methoxy groups -OCH3 is 1. The van der Waals surface area contributed by atoms with Gasteiger partial charge in [0, 0.05) is 26.3 Å². The lowest BCUT2D eigenvalue weighted by Crippen LogP contribution is -2.28. The van der Waals surface area contributed by atoms with Gasteiger partial charge in [0.15, 0.2) is 0 Å². The summed E-state index contributed by atoms with van der Waals surface area (Å²) in [7, 11) is 1.70. The Bertz CT molecular complexity index is 476. The Morgan fingerprint density at radius 1 is 1.35 bits per heavy atom. The molecule has 0 aromatic heterocycles. The molecule has 1 heterocycles. The normalized spacial score (nSPS) is 19.2. The topological polar surface area (TPSA) is 29.5 Å². The molecular weight excluding hydrogens is 250 g/mol. The summed E-state index contributed by atoms with van der Waals surface area (Å²) < 4.78 is 5.27. The molecule has 1 aromatic carbocycles. The number of nitrogens with zero attached hydrogens (tertiary/aromatic N) is 1. The van der Waals surface area contributed by atoms with Gasteiger partial charge in [-0.3, -0.25) is 4.79 Å². The van der Waals surface area contributed by atoms with Crippen molar-refractivity contribution < 1.29 is 9.53 Å². The largest absolute Gasteiger partial charge is 0.380 e. The zero-order valence-electron chi connectivity index (χ0n) is 12.5. The number of rotatable bonds is 4. The van der Waals surface area contributed by atoms with E-state index in [2.05, 4.69) is 38.1 Å². The van der Waals surface area contributed by atoms with E-state index in [0.717, 1.165) is 18.5 Å². The highest BCUT2D eigenvalue weighted by Gasteiger charge is 2.24. The van der Waals surface area contributed by atoms with Crippen molar-refractivity contribution in [2.45, 2.75) is 32.3 Å². The summed E-state index contributed by atoms with van der Waals surface area (Å²) >= 11 is 0. The molecule has 108 valence electrons. The van der Waals surface area contributed by atoms with Crippen LogP contribution in [-0.2, 0) is 9.53 Å². The lowest BCUT2D eigenvalue weighted by molar-refractivity contribution is -0.125. The summed E-state index contributed by atoms with van der Waals surface area (Å²) in [6.07, 6.45) is 4.66. The molecule has 1 aliphatic rings. The van der Waals surface area contributed by atoms with Gasteiger partial charge in [0.1, 0.15) is 0 Å². The van der Waals surface area contributed by atoms with E-state index in [1.165, 1.54) is 5.56 Å². The molecular formula is C17H23NO2. The fourth-order valence-electron chi connectivity index (χ4n) is 2.39. The van der Waals surface area contributed by atoms with Crippen molar-refractivity contribution in [1.29, 1.82) is 0 Å². The van der Waals surface area contributed by atoms with Crippen LogP contribution < -0.4 is 0 Å². The number of hydrogen-bond donors (Lipinski definition) is 0. The van der Waals surface area contributed by atoms with Crippen molar-refractivity contribution in [3.05, 3.63) is 41.5 Å². The summed E-state index contributed by atoms with van der Waals surface area (Å²) in [6, 6.07) is 8.35. The van der Waals surface area contributed by atoms with Crippen LogP contribution in [-0.4, -0.2) is 37.1 Å². The summed E-state index contributed by atoms with van der Waals surface area (Å²) in [4.78, 5) is 13.9. The van der Waals surface area contributed by atoms with Crippen LogP contribution in [0.5, 0.6) is 0 Å². The Morgan fingerprint density at radius 2 is 2.05 bits per heavy atom. The van der Waals surface area contributed by atoms with E-state index < -0.39 is 0 Å². The van der Waals surface area contributed by atoms with Crippen LogP contribution in [0.15, 0.2) is 30.3 Å². The molecule has 20 heavy (non-hydrogen) atoms. The summed E-state index contributed by atoms with van der Waals surface area (Å²) in [5, 5.41) is 0. The lowest BCUT2D eigenvalue weighted by Gasteiger charge is -2.13. The van der Waals surface area contributed by atoms with Gasteiger partial charge in [0.05, 0.1) is 6.10 Å². The molecule has 0 radical (unpaired) electrons. The number of likely N-dealkylation sites (tertiary alicyclic amines) is 1. The number of benzene rings is 1. The van der Waals surface area contributed by atoms with Crippen LogP contribution in [0.25, 0.3) is 6.08 Å². The molecule has 1 unspecified atom stereocenters.